The van der Waals surface area contributed by atoms with Gasteiger partial charge in [0, 0.05) is 10.0 Å². The molecular weight excluding hydrogens is 282 g/mol. The molecule has 0 fully saturated rings. The number of halogens is 1. The molecule has 0 aliphatic carbocycles. The van der Waals surface area contributed by atoms with Gasteiger partial charge in [-0.25, -0.2) is 0 Å². The number of aldehydes is 1. The highest BCUT2D eigenvalue weighted by Crippen LogP contribution is 2.38. The highest BCUT2D eigenvalue weighted by atomic mass is 79.9. The third-order valence-corrected chi connectivity index (χ3v) is 4.36. The van der Waals surface area contributed by atoms with Gasteiger partial charge in [0.25, 0.3) is 0 Å². The van der Waals surface area contributed by atoms with Crippen molar-refractivity contribution in [3.05, 3.63) is 26.7 Å². The average Bonchev–Trinajstić information content (AvgIpc) is 2.34. The fourth-order valence-electron chi connectivity index (χ4n) is 2.02. The van der Waals surface area contributed by atoms with Crippen LogP contribution in [0.4, 0.5) is 0 Å². The van der Waals surface area contributed by atoms with Gasteiger partial charge < -0.3 is 14.8 Å². The third-order valence-electron chi connectivity index (χ3n) is 3.17. The van der Waals surface area contributed by atoms with Crippen LogP contribution >= 0.6 is 15.9 Å². The molecule has 1 N–H and O–H groups in total. The second-order valence-corrected chi connectivity index (χ2v) is 4.83. The number of carbonyl (C=O) groups excluding carboxylic acids is 1. The summed E-state index contributed by atoms with van der Waals surface area (Å²) < 4.78 is 6.49. The lowest BCUT2D eigenvalue weighted by atomic mass is 9.94. The molecule has 1 rings (SSSR count). The summed E-state index contributed by atoms with van der Waals surface area (Å²) >= 11 is 3.57. The number of carbonyl (C=O) groups is 1. The van der Waals surface area contributed by atoms with Crippen LogP contribution in [-0.4, -0.2) is 20.4 Å². The molecule has 1 aromatic rings. The quantitative estimate of drug-likeness (QED) is 0.869. The molecule has 0 saturated heterocycles. The molecule has 1 aromatic carbocycles. The molecule has 0 radical (unpaired) electrons. The van der Waals surface area contributed by atoms with Crippen molar-refractivity contribution in [3.63, 3.8) is 0 Å². The summed E-state index contributed by atoms with van der Waals surface area (Å²) in [6.45, 7) is 6.02. The molecule has 4 heteroatoms. The molecule has 1 unspecified atom stereocenters. The monoisotopic (exact) mass is 299 g/mol. The largest absolute Gasteiger partial charge is 0.496 e. The molecule has 0 spiro atoms. The second-order valence-electron chi connectivity index (χ2n) is 4.04. The maximum absolute atomic E-state index is 11.1. The third kappa shape index (κ3) is 2.38. The molecule has 0 aromatic heterocycles. The first-order valence-electron chi connectivity index (χ1n) is 5.45. The molecule has 0 saturated carbocycles. The van der Waals surface area contributed by atoms with Crippen molar-refractivity contribution in [1.82, 2.24) is 5.32 Å². The molecule has 1 atom stereocenters. The minimum Gasteiger partial charge on any atom is -0.496 e. The van der Waals surface area contributed by atoms with Crippen LogP contribution in [0.2, 0.25) is 0 Å². The summed E-state index contributed by atoms with van der Waals surface area (Å²) in [6, 6.07) is -0.347. The summed E-state index contributed by atoms with van der Waals surface area (Å²) in [4.78, 5) is 11.1. The Morgan fingerprint density at radius 1 is 1.24 bits per heavy atom. The van der Waals surface area contributed by atoms with E-state index in [1.54, 1.807) is 14.2 Å². The Morgan fingerprint density at radius 3 is 2.24 bits per heavy atom. The topological polar surface area (TPSA) is 38.3 Å². The number of benzene rings is 1. The van der Waals surface area contributed by atoms with Crippen LogP contribution in [0.5, 0.6) is 5.75 Å². The lowest BCUT2D eigenvalue weighted by Gasteiger charge is -2.22. The van der Waals surface area contributed by atoms with Gasteiger partial charge in [0.15, 0.2) is 0 Å². The number of ether oxygens (including phenoxy) is 1. The Bertz CT molecular complexity index is 444. The van der Waals surface area contributed by atoms with Gasteiger partial charge >= 0.3 is 0 Å². The van der Waals surface area contributed by atoms with Gasteiger partial charge in [0.2, 0.25) is 0 Å². The van der Waals surface area contributed by atoms with Gasteiger partial charge in [-0.3, -0.25) is 0 Å². The Labute approximate surface area is 111 Å². The molecule has 0 aliphatic heterocycles. The lowest BCUT2D eigenvalue weighted by molar-refractivity contribution is -0.109. The van der Waals surface area contributed by atoms with Crippen molar-refractivity contribution in [2.75, 3.05) is 14.2 Å². The number of hydrogen-bond acceptors (Lipinski definition) is 3. The zero-order chi connectivity index (χ0) is 13.2. The van der Waals surface area contributed by atoms with E-state index in [0.29, 0.717) is 0 Å². The number of rotatable bonds is 4. The first kappa shape index (κ1) is 14.2. The van der Waals surface area contributed by atoms with Gasteiger partial charge in [-0.15, -0.1) is 0 Å². The van der Waals surface area contributed by atoms with Crippen molar-refractivity contribution in [3.8, 4) is 5.75 Å². The first-order valence-corrected chi connectivity index (χ1v) is 6.24. The van der Waals surface area contributed by atoms with Crippen LogP contribution in [-0.2, 0) is 4.79 Å². The molecule has 0 amide bonds. The van der Waals surface area contributed by atoms with Crippen LogP contribution in [0.1, 0.15) is 28.3 Å². The Balaban J connectivity index is 3.62. The highest BCUT2D eigenvalue weighted by molar-refractivity contribution is 9.10. The first-order chi connectivity index (χ1) is 7.99. The number of nitrogens with one attached hydrogen (secondary N) is 1. The number of likely N-dealkylation sites (N-methyl/N-ethyl adjacent to an activating group) is 1. The minimum absolute atomic E-state index is 0.347. The van der Waals surface area contributed by atoms with Crippen molar-refractivity contribution >= 4 is 22.2 Å². The van der Waals surface area contributed by atoms with Crippen molar-refractivity contribution < 1.29 is 9.53 Å². The van der Waals surface area contributed by atoms with Gasteiger partial charge in [0.1, 0.15) is 12.0 Å². The van der Waals surface area contributed by atoms with Crippen molar-refractivity contribution in [2.45, 2.75) is 26.8 Å². The molecule has 17 heavy (non-hydrogen) atoms. The fourth-order valence-corrected chi connectivity index (χ4v) is 2.54. The maximum atomic E-state index is 11.1. The molecular formula is C13H18BrNO2. The van der Waals surface area contributed by atoms with E-state index in [9.17, 15) is 4.79 Å². The van der Waals surface area contributed by atoms with E-state index in [1.165, 1.54) is 0 Å². The smallest absolute Gasteiger partial charge is 0.141 e. The SMILES string of the molecule is CNC(C=O)c1c(C)c(Br)c(C)c(C)c1OC. The van der Waals surface area contributed by atoms with E-state index in [0.717, 1.165) is 38.8 Å². The Hall–Kier alpha value is -0.870. The number of methoxy groups -OCH3 is 1. The van der Waals surface area contributed by atoms with E-state index in [2.05, 4.69) is 21.2 Å². The zero-order valence-electron chi connectivity index (χ0n) is 10.8. The zero-order valence-corrected chi connectivity index (χ0v) is 12.4. The second kappa shape index (κ2) is 5.65. The summed E-state index contributed by atoms with van der Waals surface area (Å²) in [5.41, 5.74) is 4.14. The Morgan fingerprint density at radius 2 is 1.82 bits per heavy atom. The molecule has 94 valence electrons. The van der Waals surface area contributed by atoms with Gasteiger partial charge in [0.05, 0.1) is 13.2 Å². The Kier molecular flexibility index (Phi) is 4.71. The summed E-state index contributed by atoms with van der Waals surface area (Å²) in [7, 11) is 3.40. The van der Waals surface area contributed by atoms with Crippen molar-refractivity contribution in [1.29, 1.82) is 0 Å². The molecule has 0 bridgehead atoms. The highest BCUT2D eigenvalue weighted by Gasteiger charge is 2.22. The van der Waals surface area contributed by atoms with E-state index in [1.807, 2.05) is 20.8 Å². The maximum Gasteiger partial charge on any atom is 0.141 e. The van der Waals surface area contributed by atoms with Crippen LogP contribution in [0.15, 0.2) is 4.47 Å². The summed E-state index contributed by atoms with van der Waals surface area (Å²) in [5.74, 6) is 0.787. The summed E-state index contributed by atoms with van der Waals surface area (Å²) in [6.07, 6.45) is 0.895. The van der Waals surface area contributed by atoms with Gasteiger partial charge in [-0.05, 0) is 44.5 Å². The molecule has 0 heterocycles. The minimum atomic E-state index is -0.347. The van der Waals surface area contributed by atoms with E-state index < -0.39 is 0 Å². The molecule has 3 nitrogen and oxygen atoms in total. The average molecular weight is 300 g/mol. The van der Waals surface area contributed by atoms with Crippen LogP contribution in [0.3, 0.4) is 0 Å². The van der Waals surface area contributed by atoms with E-state index >= 15 is 0 Å². The summed E-state index contributed by atoms with van der Waals surface area (Å²) in [5, 5.41) is 2.99. The molecule has 0 aliphatic rings. The normalized spacial score (nSPS) is 12.4. The lowest BCUT2D eigenvalue weighted by Crippen LogP contribution is -2.20. The fraction of sp³-hybridized carbons (Fsp3) is 0.462. The van der Waals surface area contributed by atoms with E-state index in [4.69, 9.17) is 4.74 Å². The van der Waals surface area contributed by atoms with Crippen LogP contribution < -0.4 is 10.1 Å². The van der Waals surface area contributed by atoms with Gasteiger partial charge in [-0.1, -0.05) is 15.9 Å². The van der Waals surface area contributed by atoms with Crippen molar-refractivity contribution in [2.24, 2.45) is 0 Å². The number of hydrogen-bond donors (Lipinski definition) is 1. The standard InChI is InChI=1S/C13H18BrNO2/c1-7-8(2)13(17-5)11(9(3)12(7)14)10(6-16)15-4/h6,10,15H,1-5H3. The predicted molar refractivity (Wildman–Crippen MR) is 72.8 cm³/mol. The van der Waals surface area contributed by atoms with E-state index in [-0.39, 0.29) is 6.04 Å². The van der Waals surface area contributed by atoms with Crippen LogP contribution in [0.25, 0.3) is 0 Å². The van der Waals surface area contributed by atoms with Crippen LogP contribution in [0, 0.1) is 20.8 Å². The predicted octanol–water partition coefficient (Wildman–Crippen LogP) is 2.84. The van der Waals surface area contributed by atoms with Gasteiger partial charge in [-0.2, -0.15) is 0 Å².